The Bertz CT molecular complexity index is 779. The molecule has 1 N–H and O–H groups in total. The van der Waals surface area contributed by atoms with E-state index in [4.69, 9.17) is 0 Å². The van der Waals surface area contributed by atoms with E-state index in [1.807, 2.05) is 6.92 Å². The molecule has 0 aliphatic carbocycles. The summed E-state index contributed by atoms with van der Waals surface area (Å²) < 4.78 is 0. The number of nitrogens with one attached hydrogen (secondary N) is 1. The van der Waals surface area contributed by atoms with Gasteiger partial charge in [-0.3, -0.25) is 15.5 Å². The maximum absolute atomic E-state index is 10.8. The molecule has 1 aliphatic rings. The quantitative estimate of drug-likeness (QED) is 0.476. The molecule has 136 valence electrons. The normalized spacial score (nSPS) is 15.4. The smallest absolute Gasteiger partial charge is 0.271 e. The molecule has 0 aromatic heterocycles. The van der Waals surface area contributed by atoms with Crippen molar-refractivity contribution in [3.63, 3.8) is 0 Å². The lowest BCUT2D eigenvalue weighted by Gasteiger charge is -2.22. The summed E-state index contributed by atoms with van der Waals surface area (Å²) in [6.07, 6.45) is 5.16. The van der Waals surface area contributed by atoms with Crippen molar-refractivity contribution in [2.75, 3.05) is 23.4 Å². The van der Waals surface area contributed by atoms with Crippen LogP contribution in [-0.4, -0.2) is 23.7 Å². The molecule has 3 rings (SSSR count). The van der Waals surface area contributed by atoms with Crippen LogP contribution in [0.15, 0.2) is 53.6 Å². The fraction of sp³-hybridized carbons (Fsp3) is 0.350. The molecule has 0 saturated carbocycles. The van der Waals surface area contributed by atoms with Crippen molar-refractivity contribution in [3.8, 4) is 0 Å². The number of hydrogen-bond donors (Lipinski definition) is 1. The molecule has 26 heavy (non-hydrogen) atoms. The molecule has 0 radical (unpaired) electrons. The molecular weight excluding hydrogens is 328 g/mol. The van der Waals surface area contributed by atoms with Gasteiger partial charge in [0.1, 0.15) is 0 Å². The fourth-order valence-corrected chi connectivity index (χ4v) is 3.14. The minimum atomic E-state index is -0.413. The Morgan fingerprint density at radius 1 is 1.08 bits per heavy atom. The van der Waals surface area contributed by atoms with Crippen LogP contribution in [0.5, 0.6) is 0 Å². The second-order valence-corrected chi connectivity index (χ2v) is 6.56. The second kappa shape index (κ2) is 8.47. The molecule has 1 heterocycles. The Kier molecular flexibility index (Phi) is 5.84. The van der Waals surface area contributed by atoms with Gasteiger partial charge in [-0.05, 0) is 43.5 Å². The van der Waals surface area contributed by atoms with E-state index in [9.17, 15) is 10.1 Å². The number of hydrogen-bond acceptors (Lipinski definition) is 5. The summed E-state index contributed by atoms with van der Waals surface area (Å²) in [4.78, 5) is 12.9. The van der Waals surface area contributed by atoms with Crippen LogP contribution in [0.25, 0.3) is 0 Å². The van der Waals surface area contributed by atoms with Gasteiger partial charge >= 0.3 is 0 Å². The maximum Gasteiger partial charge on any atom is 0.271 e. The van der Waals surface area contributed by atoms with Gasteiger partial charge in [-0.1, -0.05) is 31.0 Å². The number of nitro groups is 1. The van der Waals surface area contributed by atoms with Crippen molar-refractivity contribution in [1.29, 1.82) is 0 Å². The van der Waals surface area contributed by atoms with Crippen molar-refractivity contribution in [1.82, 2.24) is 0 Å². The number of nitrogens with zero attached hydrogens (tertiary/aromatic N) is 3. The van der Waals surface area contributed by atoms with Crippen molar-refractivity contribution in [2.45, 2.75) is 32.6 Å². The van der Waals surface area contributed by atoms with E-state index in [1.165, 1.54) is 43.5 Å². The lowest BCUT2D eigenvalue weighted by Crippen LogP contribution is -2.23. The Morgan fingerprint density at radius 3 is 2.42 bits per heavy atom. The highest BCUT2D eigenvalue weighted by atomic mass is 16.6. The van der Waals surface area contributed by atoms with Crippen LogP contribution in [0.1, 0.15) is 38.2 Å². The Hall–Kier alpha value is -2.89. The van der Waals surface area contributed by atoms with Crippen molar-refractivity contribution >= 4 is 22.8 Å². The largest absolute Gasteiger partial charge is 0.372 e. The lowest BCUT2D eigenvalue weighted by atomic mass is 10.1. The number of hydrazone groups is 1. The molecule has 0 bridgehead atoms. The highest BCUT2D eigenvalue weighted by Gasteiger charge is 2.10. The van der Waals surface area contributed by atoms with E-state index in [2.05, 4.69) is 39.7 Å². The van der Waals surface area contributed by atoms with E-state index >= 15 is 0 Å². The third-order valence-corrected chi connectivity index (χ3v) is 4.67. The standard InChI is InChI=1S/C20H24N4O2/c1-16(21-22-18-7-6-8-20(15-18)24(25)26)17-9-11-19(12-10-17)23-13-4-2-3-5-14-23/h6-12,15,22H,2-5,13-14H2,1H3/b21-16+. The van der Waals surface area contributed by atoms with E-state index in [1.54, 1.807) is 12.1 Å². The maximum atomic E-state index is 10.8. The predicted octanol–water partition coefficient (Wildman–Crippen LogP) is 4.81. The highest BCUT2D eigenvalue weighted by molar-refractivity contribution is 5.99. The zero-order chi connectivity index (χ0) is 18.4. The van der Waals surface area contributed by atoms with Gasteiger partial charge in [0.15, 0.2) is 0 Å². The summed E-state index contributed by atoms with van der Waals surface area (Å²) >= 11 is 0. The highest BCUT2D eigenvalue weighted by Crippen LogP contribution is 2.21. The average molecular weight is 352 g/mol. The molecule has 0 unspecified atom stereocenters. The molecule has 2 aromatic rings. The fourth-order valence-electron chi connectivity index (χ4n) is 3.14. The predicted molar refractivity (Wildman–Crippen MR) is 106 cm³/mol. The number of benzene rings is 2. The van der Waals surface area contributed by atoms with Crippen LogP contribution in [0, 0.1) is 10.1 Å². The van der Waals surface area contributed by atoms with Gasteiger partial charge in [-0.2, -0.15) is 5.10 Å². The first-order valence-corrected chi connectivity index (χ1v) is 9.03. The SMILES string of the molecule is C/C(=N\Nc1cccc([N+](=O)[O-])c1)c1ccc(N2CCCCCC2)cc1. The van der Waals surface area contributed by atoms with Crippen LogP contribution in [0.3, 0.4) is 0 Å². The molecule has 1 fully saturated rings. The average Bonchev–Trinajstić information content (AvgIpc) is 2.96. The van der Waals surface area contributed by atoms with Crippen LogP contribution in [-0.2, 0) is 0 Å². The van der Waals surface area contributed by atoms with Gasteiger partial charge in [0, 0.05) is 30.9 Å². The minimum absolute atomic E-state index is 0.0460. The van der Waals surface area contributed by atoms with E-state index < -0.39 is 4.92 Å². The van der Waals surface area contributed by atoms with E-state index in [-0.39, 0.29) is 5.69 Å². The molecule has 2 aromatic carbocycles. The zero-order valence-electron chi connectivity index (χ0n) is 15.0. The first kappa shape index (κ1) is 17.9. The molecular formula is C20H24N4O2. The summed E-state index contributed by atoms with van der Waals surface area (Å²) in [6.45, 7) is 4.17. The van der Waals surface area contributed by atoms with Crippen molar-refractivity contribution in [2.24, 2.45) is 5.10 Å². The number of rotatable bonds is 5. The van der Waals surface area contributed by atoms with Crippen LogP contribution >= 0.6 is 0 Å². The molecule has 6 nitrogen and oxygen atoms in total. The summed E-state index contributed by atoms with van der Waals surface area (Å²) in [7, 11) is 0. The Morgan fingerprint density at radius 2 is 1.77 bits per heavy atom. The van der Waals surface area contributed by atoms with Gasteiger partial charge in [0.05, 0.1) is 16.3 Å². The summed E-state index contributed by atoms with van der Waals surface area (Å²) in [5.41, 5.74) is 6.66. The van der Waals surface area contributed by atoms with Crippen molar-refractivity contribution in [3.05, 3.63) is 64.2 Å². The Balaban J connectivity index is 1.67. The van der Waals surface area contributed by atoms with Crippen LogP contribution in [0.4, 0.5) is 17.1 Å². The van der Waals surface area contributed by atoms with Gasteiger partial charge in [0.2, 0.25) is 0 Å². The van der Waals surface area contributed by atoms with Gasteiger partial charge in [-0.25, -0.2) is 0 Å². The second-order valence-electron chi connectivity index (χ2n) is 6.56. The van der Waals surface area contributed by atoms with Gasteiger partial charge < -0.3 is 4.90 Å². The molecule has 0 atom stereocenters. The molecule has 0 spiro atoms. The third kappa shape index (κ3) is 4.59. The molecule has 0 amide bonds. The van der Waals surface area contributed by atoms with E-state index in [0.717, 1.165) is 24.4 Å². The first-order valence-electron chi connectivity index (χ1n) is 9.03. The number of nitro benzene ring substituents is 1. The summed E-state index contributed by atoms with van der Waals surface area (Å²) in [5, 5.41) is 15.2. The summed E-state index contributed by atoms with van der Waals surface area (Å²) in [5.74, 6) is 0. The zero-order valence-corrected chi connectivity index (χ0v) is 15.0. The molecule has 1 aliphatic heterocycles. The molecule has 6 heteroatoms. The summed E-state index contributed by atoms with van der Waals surface area (Å²) in [6, 6.07) is 14.8. The number of non-ortho nitro benzene ring substituents is 1. The van der Waals surface area contributed by atoms with Crippen molar-refractivity contribution < 1.29 is 4.92 Å². The first-order chi connectivity index (χ1) is 12.6. The van der Waals surface area contributed by atoms with Crippen LogP contribution < -0.4 is 10.3 Å². The van der Waals surface area contributed by atoms with Crippen LogP contribution in [0.2, 0.25) is 0 Å². The lowest BCUT2D eigenvalue weighted by molar-refractivity contribution is -0.384. The van der Waals surface area contributed by atoms with E-state index in [0.29, 0.717) is 5.69 Å². The minimum Gasteiger partial charge on any atom is -0.372 e. The van der Waals surface area contributed by atoms with Gasteiger partial charge in [0.25, 0.3) is 5.69 Å². The molecule has 1 saturated heterocycles. The topological polar surface area (TPSA) is 70.8 Å². The third-order valence-electron chi connectivity index (χ3n) is 4.67. The monoisotopic (exact) mass is 352 g/mol. The number of anilines is 2. The Labute approximate surface area is 153 Å². The van der Waals surface area contributed by atoms with Gasteiger partial charge in [-0.15, -0.1) is 0 Å².